The van der Waals surface area contributed by atoms with Crippen LogP contribution in [0, 0.1) is 0 Å². The van der Waals surface area contributed by atoms with Crippen molar-refractivity contribution in [2.24, 2.45) is 17.2 Å². The average molecular weight is 1770 g/mol. The van der Waals surface area contributed by atoms with Gasteiger partial charge in [-0.25, -0.2) is 0 Å². The van der Waals surface area contributed by atoms with Gasteiger partial charge in [-0.3, -0.25) is 34.3 Å². The summed E-state index contributed by atoms with van der Waals surface area (Å²) in [6, 6.07) is 0. The third-order valence-corrected chi connectivity index (χ3v) is 24.7. The van der Waals surface area contributed by atoms with Crippen molar-refractivity contribution in [2.45, 2.75) is 189 Å². The Balaban J connectivity index is 2.57. The molecule has 0 saturated carbocycles. The lowest BCUT2D eigenvalue weighted by Gasteiger charge is -2.38. The Hall–Kier alpha value is -1.20. The van der Waals surface area contributed by atoms with Crippen LogP contribution in [0.4, 0.5) is 0 Å². The van der Waals surface area contributed by atoms with Crippen molar-refractivity contribution in [3.05, 3.63) is 0 Å². The molecule has 20 N–H and O–H groups in total. The van der Waals surface area contributed by atoms with Crippen molar-refractivity contribution in [1.82, 2.24) is 138 Å². The molecule has 2 aliphatic heterocycles. The number of nitrogens with two attached hydrogens (primary N) is 3. The van der Waals surface area contributed by atoms with Crippen LogP contribution in [0.1, 0.15) is 162 Å². The number of likely N-dealkylation sites (N-methyl/N-ethyl adjacent to an activating group) is 3. The SMILES string of the molecule is CNCCNCCN1CCNCCN(C(C)(C)C)CCNCCN(CCNCCN(CCNC(C)(C)C)C(C)(C)C)CCCCCN2CCCCCN(CCN(CCN)CCNCCN)CCN(CCNCCNCCNCCNCCCCCN(CCN)CC1)CCNCCN(C)CCNCCN(C(C)(C)C)CCN(CCNC(C)(C)C)CCN(C)CC2. The van der Waals surface area contributed by atoms with Crippen molar-refractivity contribution in [1.29, 1.82) is 0 Å². The minimum atomic E-state index is 0.0715. The fourth-order valence-electron chi connectivity index (χ4n) is 16.2. The van der Waals surface area contributed by atoms with E-state index in [0.717, 1.165) is 386 Å². The quantitative estimate of drug-likeness (QED) is 0.0435. The van der Waals surface area contributed by atoms with E-state index in [4.69, 9.17) is 17.2 Å². The van der Waals surface area contributed by atoms with E-state index in [1.807, 2.05) is 7.05 Å². The third kappa shape index (κ3) is 71.4. The van der Waals surface area contributed by atoms with Crippen LogP contribution in [-0.4, -0.2) is 518 Å². The monoisotopic (exact) mass is 1770 g/mol. The number of hydrogen-bond donors (Lipinski definition) is 17. The van der Waals surface area contributed by atoms with E-state index in [9.17, 15) is 0 Å². The molecule has 2 heterocycles. The summed E-state index contributed by atoms with van der Waals surface area (Å²) < 4.78 is 0. The van der Waals surface area contributed by atoms with Crippen LogP contribution in [0.3, 0.4) is 0 Å². The predicted octanol–water partition coefficient (Wildman–Crippen LogP) is 0.463. The zero-order valence-corrected chi connectivity index (χ0v) is 85.3. The van der Waals surface area contributed by atoms with Crippen LogP contribution in [0.25, 0.3) is 0 Å². The molecule has 0 aliphatic carbocycles. The fourth-order valence-corrected chi connectivity index (χ4v) is 16.2. The first kappa shape index (κ1) is 119. The van der Waals surface area contributed by atoms with Crippen LogP contribution in [-0.2, 0) is 0 Å². The summed E-state index contributed by atoms with van der Waals surface area (Å²) >= 11 is 0. The summed E-state index contributed by atoms with van der Waals surface area (Å²) in [6.45, 7) is 97.6. The van der Waals surface area contributed by atoms with Crippen LogP contribution >= 0.6 is 0 Å². The summed E-state index contributed by atoms with van der Waals surface area (Å²) in [7, 11) is 6.71. The highest BCUT2D eigenvalue weighted by Gasteiger charge is 2.26. The molecule has 30 nitrogen and oxygen atoms in total. The summed E-state index contributed by atoms with van der Waals surface area (Å²) in [5.74, 6) is 0. The molecule has 0 spiro atoms. The van der Waals surface area contributed by atoms with Gasteiger partial charge in [0.05, 0.1) is 0 Å². The fraction of sp³-hybridized carbons (Fsp3) is 1.00. The molecule has 2 aliphatic rings. The molecule has 742 valence electrons. The van der Waals surface area contributed by atoms with E-state index >= 15 is 0 Å². The molecule has 0 aromatic heterocycles. The molecule has 2 bridgehead atoms. The zero-order chi connectivity index (χ0) is 91.1. The highest BCUT2D eigenvalue weighted by Crippen LogP contribution is 2.16. The molecule has 0 aromatic carbocycles. The van der Waals surface area contributed by atoms with Crippen molar-refractivity contribution in [3.8, 4) is 0 Å². The second kappa shape index (κ2) is 76.1. The lowest BCUT2D eigenvalue weighted by molar-refractivity contribution is 0.110. The molecule has 0 aromatic rings. The Morgan fingerprint density at radius 1 is 0.266 bits per heavy atom. The van der Waals surface area contributed by atoms with Crippen LogP contribution in [0.15, 0.2) is 0 Å². The highest BCUT2D eigenvalue weighted by atomic mass is 15.3. The number of hydrogen-bond acceptors (Lipinski definition) is 30. The standard InChI is InChI=1S/C94H216N30/c1-90(2,3)110-54-72-121-81-79-113(18)78-80-114-56-24-20-26-59-116(66-47-108-52-75-123(93(10,11)12)77-55-111-91(4,5)6)65-46-107-50-73-122(92(7,8)9)74-51-109-49-71-119(68-44-103-34-33-98-16)86-82-115(61-29-96)58-23-19-22-31-99-35-36-101-37-38-102-39-40-104-45-69-120(70-48-105-41-63-112(17)64-42-106-53-76-124(89-88-121)94(13,14)15)87-84-117(60-27-21-25-57-114)83-85-118(62-30-97)67-43-100-32-28-95/h98-111H,19-89,95-97H2,1-18H3. The van der Waals surface area contributed by atoms with E-state index in [1.165, 1.54) is 57.8 Å². The Morgan fingerprint density at radius 2 is 0.637 bits per heavy atom. The van der Waals surface area contributed by atoms with Gasteiger partial charge < -0.3 is 121 Å². The minimum Gasteiger partial charge on any atom is -0.329 e. The molecule has 2 unspecified atom stereocenters. The van der Waals surface area contributed by atoms with E-state index in [0.29, 0.717) is 19.6 Å². The number of nitrogens with zero attached hydrogens (tertiary/aromatic N) is 13. The number of fused-ring (bicyclic) bond motifs is 9. The largest absolute Gasteiger partial charge is 0.329 e. The van der Waals surface area contributed by atoms with Gasteiger partial charge in [0.15, 0.2) is 0 Å². The topological polar surface area (TPSA) is 289 Å². The Morgan fingerprint density at radius 3 is 1.16 bits per heavy atom. The first-order valence-electron chi connectivity index (χ1n) is 50.9. The van der Waals surface area contributed by atoms with Gasteiger partial charge in [-0.2, -0.15) is 0 Å². The predicted molar refractivity (Wildman–Crippen MR) is 540 cm³/mol. The number of rotatable bonds is 30. The summed E-state index contributed by atoms with van der Waals surface area (Å²) in [4.78, 5) is 34.9. The molecule has 124 heavy (non-hydrogen) atoms. The first-order chi connectivity index (χ1) is 59.4. The van der Waals surface area contributed by atoms with Crippen LogP contribution in [0.2, 0.25) is 0 Å². The van der Waals surface area contributed by atoms with Crippen molar-refractivity contribution in [3.63, 3.8) is 0 Å². The Kier molecular flexibility index (Phi) is 73.0. The maximum atomic E-state index is 6.31. The number of nitrogens with one attached hydrogen (secondary N) is 14. The highest BCUT2D eigenvalue weighted by molar-refractivity contribution is 4.84. The first-order valence-corrected chi connectivity index (χ1v) is 50.9. The second-order valence-corrected chi connectivity index (χ2v) is 41.1. The molecule has 2 fully saturated rings. The molecular weight excluding hydrogens is 1550 g/mol. The van der Waals surface area contributed by atoms with Crippen LogP contribution in [0.5, 0.6) is 0 Å². The third-order valence-electron chi connectivity index (χ3n) is 24.7. The Bertz CT molecular complexity index is 2290. The van der Waals surface area contributed by atoms with Crippen molar-refractivity contribution in [2.75, 3.05) is 427 Å². The summed E-state index contributed by atoms with van der Waals surface area (Å²) in [5, 5.41) is 52.6. The van der Waals surface area contributed by atoms with Gasteiger partial charge in [-0.05, 0) is 203 Å². The molecule has 2 saturated heterocycles. The lowest BCUT2D eigenvalue weighted by atomic mass is 10.1. The van der Waals surface area contributed by atoms with Crippen molar-refractivity contribution < 1.29 is 0 Å². The van der Waals surface area contributed by atoms with Gasteiger partial charge in [-0.1, -0.05) is 19.3 Å². The van der Waals surface area contributed by atoms with Crippen molar-refractivity contribution >= 4 is 0 Å². The molecular formula is C94H216N30. The van der Waals surface area contributed by atoms with E-state index in [2.05, 4.69) is 256 Å². The average Bonchev–Trinajstić information content (AvgIpc) is 0.834. The zero-order valence-electron chi connectivity index (χ0n) is 85.3. The van der Waals surface area contributed by atoms with Gasteiger partial charge in [-0.15, -0.1) is 0 Å². The minimum absolute atomic E-state index is 0.0715. The van der Waals surface area contributed by atoms with E-state index in [-0.39, 0.29) is 27.7 Å². The maximum Gasteiger partial charge on any atom is 0.0126 e. The molecule has 0 radical (unpaired) electrons. The molecule has 2 atom stereocenters. The van der Waals surface area contributed by atoms with Gasteiger partial charge in [0, 0.05) is 394 Å². The molecule has 30 heteroatoms. The van der Waals surface area contributed by atoms with Gasteiger partial charge in [0.1, 0.15) is 0 Å². The normalized spacial score (nSPS) is 22.3. The Labute approximate surface area is 767 Å². The lowest BCUT2D eigenvalue weighted by Crippen LogP contribution is -2.50. The van der Waals surface area contributed by atoms with Crippen LogP contribution < -0.4 is 91.6 Å². The maximum absolute atomic E-state index is 6.31. The van der Waals surface area contributed by atoms with Gasteiger partial charge in [0.25, 0.3) is 0 Å². The van der Waals surface area contributed by atoms with Gasteiger partial charge >= 0.3 is 0 Å². The second-order valence-electron chi connectivity index (χ2n) is 41.1. The molecule has 2 rings (SSSR count). The van der Waals surface area contributed by atoms with Gasteiger partial charge in [0.2, 0.25) is 0 Å². The summed E-state index contributed by atoms with van der Waals surface area (Å²) in [6.07, 6.45) is 11.0. The molecule has 0 amide bonds. The smallest absolute Gasteiger partial charge is 0.0126 e. The summed E-state index contributed by atoms with van der Waals surface area (Å²) in [5.41, 5.74) is 18.9. The van der Waals surface area contributed by atoms with E-state index in [1.54, 1.807) is 0 Å². The van der Waals surface area contributed by atoms with E-state index < -0.39 is 0 Å².